The Hall–Kier alpha value is -0.480. The summed E-state index contributed by atoms with van der Waals surface area (Å²) in [6.45, 7) is 3.37. The Morgan fingerprint density at radius 3 is 3.12 bits per heavy atom. The van der Waals surface area contributed by atoms with Crippen LogP contribution in [0.15, 0.2) is 12.4 Å². The lowest BCUT2D eigenvalue weighted by molar-refractivity contribution is 0.511. The minimum atomic E-state index is 0.467. The van der Waals surface area contributed by atoms with Gasteiger partial charge in [0.1, 0.15) is 0 Å². The number of nitrogens with zero attached hydrogens (tertiary/aromatic N) is 2. The average Bonchev–Trinajstić information content (AvgIpc) is 2.91. The second kappa shape index (κ2) is 5.73. The summed E-state index contributed by atoms with van der Waals surface area (Å²) in [4.78, 5) is 0. The van der Waals surface area contributed by atoms with E-state index in [2.05, 4.69) is 35.3 Å². The zero-order chi connectivity index (χ0) is 11.4. The molecule has 0 amide bonds. The SMILES string of the molecule is CCC(NCC1CCCS1)c1cnn(C)c1. The molecule has 4 heteroatoms. The standard InChI is InChI=1S/C12H21N3S/c1-3-12(10-7-14-15(2)9-10)13-8-11-5-4-6-16-11/h7,9,11-13H,3-6,8H2,1-2H3. The van der Waals surface area contributed by atoms with Gasteiger partial charge in [-0.1, -0.05) is 6.92 Å². The summed E-state index contributed by atoms with van der Waals surface area (Å²) in [5, 5.41) is 8.73. The van der Waals surface area contributed by atoms with E-state index in [0.717, 1.165) is 18.2 Å². The zero-order valence-corrected chi connectivity index (χ0v) is 11.0. The van der Waals surface area contributed by atoms with Crippen molar-refractivity contribution >= 4 is 11.8 Å². The molecule has 1 aliphatic rings. The number of hydrogen-bond acceptors (Lipinski definition) is 3. The van der Waals surface area contributed by atoms with Crippen LogP contribution >= 0.6 is 11.8 Å². The molecule has 0 radical (unpaired) electrons. The molecular formula is C12H21N3S. The van der Waals surface area contributed by atoms with Crippen molar-refractivity contribution in [2.75, 3.05) is 12.3 Å². The molecule has 1 aliphatic heterocycles. The van der Waals surface area contributed by atoms with Crippen molar-refractivity contribution in [3.05, 3.63) is 18.0 Å². The van der Waals surface area contributed by atoms with Crippen molar-refractivity contribution in [3.8, 4) is 0 Å². The van der Waals surface area contributed by atoms with Gasteiger partial charge in [0.25, 0.3) is 0 Å². The lowest BCUT2D eigenvalue weighted by Gasteiger charge is -2.18. The molecule has 0 saturated carbocycles. The fourth-order valence-electron chi connectivity index (χ4n) is 2.20. The molecule has 2 atom stereocenters. The molecule has 1 saturated heterocycles. The number of aryl methyl sites for hydroxylation is 1. The van der Waals surface area contributed by atoms with Crippen molar-refractivity contribution in [3.63, 3.8) is 0 Å². The first-order valence-electron chi connectivity index (χ1n) is 6.13. The molecule has 90 valence electrons. The lowest BCUT2D eigenvalue weighted by Crippen LogP contribution is -2.27. The molecule has 1 aromatic rings. The molecule has 1 fully saturated rings. The molecule has 2 unspecified atom stereocenters. The second-order valence-electron chi connectivity index (χ2n) is 4.45. The molecule has 0 aromatic carbocycles. The van der Waals surface area contributed by atoms with Gasteiger partial charge in [0, 0.05) is 36.6 Å². The first kappa shape index (κ1) is 12.0. The largest absolute Gasteiger partial charge is 0.309 e. The van der Waals surface area contributed by atoms with Crippen LogP contribution in [0.25, 0.3) is 0 Å². The summed E-state index contributed by atoms with van der Waals surface area (Å²) >= 11 is 2.11. The third-order valence-electron chi connectivity index (χ3n) is 3.15. The monoisotopic (exact) mass is 239 g/mol. The van der Waals surface area contributed by atoms with Gasteiger partial charge in [-0.15, -0.1) is 0 Å². The molecule has 1 aromatic heterocycles. The summed E-state index contributed by atoms with van der Waals surface area (Å²) in [6, 6.07) is 0.467. The highest BCUT2D eigenvalue weighted by atomic mass is 32.2. The quantitative estimate of drug-likeness (QED) is 0.855. The zero-order valence-electron chi connectivity index (χ0n) is 10.1. The third-order valence-corrected chi connectivity index (χ3v) is 4.55. The normalized spacial score (nSPS) is 22.5. The van der Waals surface area contributed by atoms with Crippen LogP contribution in [0, 0.1) is 0 Å². The van der Waals surface area contributed by atoms with Crippen LogP contribution in [0.2, 0.25) is 0 Å². The van der Waals surface area contributed by atoms with Crippen LogP contribution in [0.4, 0.5) is 0 Å². The number of thioether (sulfide) groups is 1. The maximum absolute atomic E-state index is 4.24. The minimum Gasteiger partial charge on any atom is -0.309 e. The minimum absolute atomic E-state index is 0.467. The van der Waals surface area contributed by atoms with Crippen LogP contribution in [-0.4, -0.2) is 27.3 Å². The Kier molecular flexibility index (Phi) is 4.29. The topological polar surface area (TPSA) is 29.9 Å². The Balaban J connectivity index is 1.85. The van der Waals surface area contributed by atoms with Crippen LogP contribution in [-0.2, 0) is 7.05 Å². The maximum Gasteiger partial charge on any atom is 0.0537 e. The summed E-state index contributed by atoms with van der Waals surface area (Å²) < 4.78 is 1.88. The predicted molar refractivity (Wildman–Crippen MR) is 69.7 cm³/mol. The number of rotatable bonds is 5. The molecular weight excluding hydrogens is 218 g/mol. The van der Waals surface area contributed by atoms with Crippen LogP contribution in [0.5, 0.6) is 0 Å². The smallest absolute Gasteiger partial charge is 0.0537 e. The van der Waals surface area contributed by atoms with E-state index in [-0.39, 0.29) is 0 Å². The molecule has 0 aliphatic carbocycles. The molecule has 0 bridgehead atoms. The highest BCUT2D eigenvalue weighted by molar-refractivity contribution is 8.00. The first-order chi connectivity index (χ1) is 7.79. The molecule has 2 heterocycles. The van der Waals surface area contributed by atoms with Crippen molar-refractivity contribution in [2.24, 2.45) is 7.05 Å². The van der Waals surface area contributed by atoms with E-state index >= 15 is 0 Å². The van der Waals surface area contributed by atoms with Gasteiger partial charge in [0.15, 0.2) is 0 Å². The summed E-state index contributed by atoms with van der Waals surface area (Å²) in [5.74, 6) is 1.34. The Morgan fingerprint density at radius 2 is 2.56 bits per heavy atom. The van der Waals surface area contributed by atoms with Gasteiger partial charge in [-0.05, 0) is 25.0 Å². The summed E-state index contributed by atoms with van der Waals surface area (Å²) in [5.41, 5.74) is 1.31. The van der Waals surface area contributed by atoms with E-state index in [9.17, 15) is 0 Å². The molecule has 0 spiro atoms. The molecule has 2 rings (SSSR count). The van der Waals surface area contributed by atoms with Crippen molar-refractivity contribution in [2.45, 2.75) is 37.5 Å². The Morgan fingerprint density at radius 1 is 1.69 bits per heavy atom. The van der Waals surface area contributed by atoms with E-state index in [4.69, 9.17) is 0 Å². The van der Waals surface area contributed by atoms with Gasteiger partial charge in [-0.3, -0.25) is 4.68 Å². The van der Waals surface area contributed by atoms with Gasteiger partial charge < -0.3 is 5.32 Å². The van der Waals surface area contributed by atoms with Crippen LogP contribution in [0.1, 0.15) is 37.8 Å². The van der Waals surface area contributed by atoms with Crippen molar-refractivity contribution in [1.82, 2.24) is 15.1 Å². The lowest BCUT2D eigenvalue weighted by atomic mass is 10.1. The van der Waals surface area contributed by atoms with Crippen molar-refractivity contribution < 1.29 is 0 Å². The van der Waals surface area contributed by atoms with Gasteiger partial charge in [-0.25, -0.2) is 0 Å². The van der Waals surface area contributed by atoms with Crippen LogP contribution in [0.3, 0.4) is 0 Å². The number of hydrogen-bond donors (Lipinski definition) is 1. The number of nitrogens with one attached hydrogen (secondary N) is 1. The third kappa shape index (κ3) is 3.01. The maximum atomic E-state index is 4.24. The fraction of sp³-hybridized carbons (Fsp3) is 0.750. The Bertz CT molecular complexity index is 318. The van der Waals surface area contributed by atoms with E-state index in [1.807, 2.05) is 17.9 Å². The fourth-order valence-corrected chi connectivity index (χ4v) is 3.41. The van der Waals surface area contributed by atoms with E-state index in [1.54, 1.807) is 0 Å². The van der Waals surface area contributed by atoms with Gasteiger partial charge >= 0.3 is 0 Å². The van der Waals surface area contributed by atoms with Crippen LogP contribution < -0.4 is 5.32 Å². The first-order valence-corrected chi connectivity index (χ1v) is 7.18. The highest BCUT2D eigenvalue weighted by Gasteiger charge is 2.17. The van der Waals surface area contributed by atoms with Gasteiger partial charge in [-0.2, -0.15) is 16.9 Å². The average molecular weight is 239 g/mol. The van der Waals surface area contributed by atoms with Gasteiger partial charge in [0.2, 0.25) is 0 Å². The molecule has 16 heavy (non-hydrogen) atoms. The van der Waals surface area contributed by atoms with Crippen molar-refractivity contribution in [1.29, 1.82) is 0 Å². The van der Waals surface area contributed by atoms with Gasteiger partial charge in [0.05, 0.1) is 6.20 Å². The predicted octanol–water partition coefficient (Wildman–Crippen LogP) is 2.36. The van der Waals surface area contributed by atoms with E-state index in [0.29, 0.717) is 6.04 Å². The second-order valence-corrected chi connectivity index (χ2v) is 5.86. The Labute approximate surface area is 102 Å². The molecule has 3 nitrogen and oxygen atoms in total. The summed E-state index contributed by atoms with van der Waals surface area (Å²) in [7, 11) is 1.98. The molecule has 1 N–H and O–H groups in total. The summed E-state index contributed by atoms with van der Waals surface area (Å²) in [6.07, 6.45) is 7.98. The van der Waals surface area contributed by atoms with E-state index in [1.165, 1.54) is 24.2 Å². The highest BCUT2D eigenvalue weighted by Crippen LogP contribution is 2.26. The van der Waals surface area contributed by atoms with E-state index < -0.39 is 0 Å². The number of aromatic nitrogens is 2.